The maximum Gasteiger partial charge on any atom is 0.142 e. The zero-order valence-electron chi connectivity index (χ0n) is 8.71. The molecule has 5 heteroatoms. The quantitative estimate of drug-likeness (QED) is 0.880. The molecule has 0 spiro atoms. The predicted molar refractivity (Wildman–Crippen MR) is 63.1 cm³/mol. The number of anilines is 1. The number of thiazole rings is 1. The van der Waals surface area contributed by atoms with Gasteiger partial charge in [0.1, 0.15) is 22.6 Å². The Morgan fingerprint density at radius 1 is 1.50 bits per heavy atom. The lowest BCUT2D eigenvalue weighted by Gasteiger charge is -2.11. The van der Waals surface area contributed by atoms with Crippen molar-refractivity contribution in [1.82, 2.24) is 9.97 Å². The van der Waals surface area contributed by atoms with E-state index >= 15 is 0 Å². The van der Waals surface area contributed by atoms with Gasteiger partial charge in [0.15, 0.2) is 0 Å². The van der Waals surface area contributed by atoms with Crippen molar-refractivity contribution in [2.24, 2.45) is 0 Å². The number of nitriles is 1. The fourth-order valence-corrected chi connectivity index (χ4v) is 1.96. The summed E-state index contributed by atoms with van der Waals surface area (Å²) < 4.78 is 0. The van der Waals surface area contributed by atoms with Crippen molar-refractivity contribution in [1.29, 1.82) is 5.26 Å². The normalized spacial score (nSPS) is 11.8. The number of rotatable bonds is 3. The van der Waals surface area contributed by atoms with Crippen LogP contribution in [0, 0.1) is 11.3 Å². The van der Waals surface area contributed by atoms with Crippen molar-refractivity contribution in [3.63, 3.8) is 0 Å². The Morgan fingerprint density at radius 3 is 3.06 bits per heavy atom. The summed E-state index contributed by atoms with van der Waals surface area (Å²) in [5.41, 5.74) is 0.413. The number of hydrogen-bond acceptors (Lipinski definition) is 5. The molecule has 0 bridgehead atoms. The Hall–Kier alpha value is -1.93. The van der Waals surface area contributed by atoms with Crippen LogP contribution in [0.5, 0.6) is 0 Å². The zero-order chi connectivity index (χ0) is 11.4. The Labute approximate surface area is 97.6 Å². The van der Waals surface area contributed by atoms with E-state index in [9.17, 15) is 0 Å². The number of nitrogens with one attached hydrogen (secondary N) is 1. The third-order valence-corrected chi connectivity index (χ3v) is 3.01. The molecule has 0 amide bonds. The van der Waals surface area contributed by atoms with Crippen LogP contribution >= 0.6 is 11.3 Å². The molecule has 4 nitrogen and oxygen atoms in total. The summed E-state index contributed by atoms with van der Waals surface area (Å²) in [6.45, 7) is 2.01. The van der Waals surface area contributed by atoms with E-state index in [4.69, 9.17) is 5.26 Å². The first kappa shape index (κ1) is 10.6. The highest BCUT2D eigenvalue weighted by Gasteiger charge is 2.08. The molecule has 80 valence electrons. The van der Waals surface area contributed by atoms with Crippen molar-refractivity contribution < 1.29 is 0 Å². The molecule has 0 aliphatic rings. The summed E-state index contributed by atoms with van der Waals surface area (Å²) in [5.74, 6) is 0.696. The molecule has 1 N–H and O–H groups in total. The number of aromatic nitrogens is 2. The molecular formula is C11H10N4S. The molecule has 2 rings (SSSR count). The summed E-state index contributed by atoms with van der Waals surface area (Å²) in [4.78, 5) is 8.36. The molecular weight excluding hydrogens is 220 g/mol. The summed E-state index contributed by atoms with van der Waals surface area (Å²) in [5, 5.41) is 14.9. The second-order valence-corrected chi connectivity index (χ2v) is 4.18. The summed E-state index contributed by atoms with van der Waals surface area (Å²) in [7, 11) is 0. The van der Waals surface area contributed by atoms with Gasteiger partial charge in [0.2, 0.25) is 0 Å². The molecule has 2 aromatic heterocycles. The molecule has 0 fully saturated rings. The predicted octanol–water partition coefficient (Wildman–Crippen LogP) is 2.58. The van der Waals surface area contributed by atoms with E-state index in [0.29, 0.717) is 11.5 Å². The van der Waals surface area contributed by atoms with Gasteiger partial charge >= 0.3 is 0 Å². The molecule has 0 aliphatic carbocycles. The molecule has 1 atom stereocenters. The Bertz CT molecular complexity index is 501. The van der Waals surface area contributed by atoms with Gasteiger partial charge in [-0.3, -0.25) is 0 Å². The van der Waals surface area contributed by atoms with Crippen molar-refractivity contribution in [2.45, 2.75) is 13.0 Å². The van der Waals surface area contributed by atoms with Crippen LogP contribution in [0.3, 0.4) is 0 Å². The summed E-state index contributed by atoms with van der Waals surface area (Å²) >= 11 is 1.59. The van der Waals surface area contributed by atoms with Gasteiger partial charge in [0.25, 0.3) is 0 Å². The Morgan fingerprint density at radius 2 is 2.38 bits per heavy atom. The minimum atomic E-state index is 0.0986. The lowest BCUT2D eigenvalue weighted by atomic mass is 10.3. The SMILES string of the molecule is CC(Nc1cccc(C#N)n1)c1nccs1. The molecule has 0 saturated carbocycles. The minimum absolute atomic E-state index is 0.0986. The number of pyridine rings is 1. The lowest BCUT2D eigenvalue weighted by Crippen LogP contribution is -2.07. The lowest BCUT2D eigenvalue weighted by molar-refractivity contribution is 0.860. The first-order valence-electron chi connectivity index (χ1n) is 4.82. The maximum absolute atomic E-state index is 8.73. The molecule has 0 saturated heterocycles. The maximum atomic E-state index is 8.73. The van der Waals surface area contributed by atoms with E-state index in [1.807, 2.05) is 30.5 Å². The first-order chi connectivity index (χ1) is 7.79. The Balaban J connectivity index is 2.12. The average molecular weight is 230 g/mol. The van der Waals surface area contributed by atoms with Crippen LogP contribution in [0.15, 0.2) is 29.8 Å². The van der Waals surface area contributed by atoms with E-state index in [2.05, 4.69) is 15.3 Å². The van der Waals surface area contributed by atoms with Gasteiger partial charge in [-0.25, -0.2) is 9.97 Å². The van der Waals surface area contributed by atoms with Gasteiger partial charge in [-0.05, 0) is 19.1 Å². The van der Waals surface area contributed by atoms with Gasteiger partial charge in [-0.1, -0.05) is 6.07 Å². The van der Waals surface area contributed by atoms with Gasteiger partial charge in [0.05, 0.1) is 6.04 Å². The van der Waals surface area contributed by atoms with Crippen LogP contribution in [0.25, 0.3) is 0 Å². The van der Waals surface area contributed by atoms with Crippen molar-refractivity contribution in [3.8, 4) is 6.07 Å². The summed E-state index contributed by atoms with van der Waals surface area (Å²) in [6, 6.07) is 7.44. The van der Waals surface area contributed by atoms with E-state index < -0.39 is 0 Å². The standard InChI is InChI=1S/C11H10N4S/c1-8(11-13-5-6-16-11)14-10-4-2-3-9(7-12)15-10/h2-6,8H,1H3,(H,14,15). The number of nitrogens with zero attached hydrogens (tertiary/aromatic N) is 3. The minimum Gasteiger partial charge on any atom is -0.361 e. The summed E-state index contributed by atoms with van der Waals surface area (Å²) in [6.07, 6.45) is 1.78. The topological polar surface area (TPSA) is 61.6 Å². The van der Waals surface area contributed by atoms with E-state index in [-0.39, 0.29) is 6.04 Å². The second kappa shape index (κ2) is 4.73. The van der Waals surface area contributed by atoms with E-state index in [1.165, 1.54) is 0 Å². The average Bonchev–Trinajstić information content (AvgIpc) is 2.83. The van der Waals surface area contributed by atoms with Crippen LogP contribution in [-0.2, 0) is 0 Å². The Kier molecular flexibility index (Phi) is 3.13. The van der Waals surface area contributed by atoms with Crippen LogP contribution in [0.2, 0.25) is 0 Å². The van der Waals surface area contributed by atoms with Crippen molar-refractivity contribution in [3.05, 3.63) is 40.5 Å². The van der Waals surface area contributed by atoms with E-state index in [0.717, 1.165) is 5.01 Å². The van der Waals surface area contributed by atoms with Crippen LogP contribution in [0.4, 0.5) is 5.82 Å². The zero-order valence-corrected chi connectivity index (χ0v) is 9.53. The van der Waals surface area contributed by atoms with Crippen LogP contribution < -0.4 is 5.32 Å². The van der Waals surface area contributed by atoms with E-state index in [1.54, 1.807) is 23.6 Å². The van der Waals surface area contributed by atoms with Gasteiger partial charge in [-0.2, -0.15) is 5.26 Å². The van der Waals surface area contributed by atoms with Crippen LogP contribution in [0.1, 0.15) is 23.7 Å². The van der Waals surface area contributed by atoms with Crippen molar-refractivity contribution >= 4 is 17.2 Å². The monoisotopic (exact) mass is 230 g/mol. The van der Waals surface area contributed by atoms with Gasteiger partial charge < -0.3 is 5.32 Å². The molecule has 16 heavy (non-hydrogen) atoms. The fourth-order valence-electron chi connectivity index (χ4n) is 1.31. The second-order valence-electron chi connectivity index (χ2n) is 3.26. The van der Waals surface area contributed by atoms with Gasteiger partial charge in [-0.15, -0.1) is 11.3 Å². The molecule has 1 unspecified atom stereocenters. The van der Waals surface area contributed by atoms with Crippen LogP contribution in [-0.4, -0.2) is 9.97 Å². The number of hydrogen-bond donors (Lipinski definition) is 1. The highest BCUT2D eigenvalue weighted by Crippen LogP contribution is 2.19. The molecule has 0 aliphatic heterocycles. The van der Waals surface area contributed by atoms with Crippen molar-refractivity contribution in [2.75, 3.05) is 5.32 Å². The third kappa shape index (κ3) is 2.35. The largest absolute Gasteiger partial charge is 0.361 e. The molecule has 2 aromatic rings. The third-order valence-electron chi connectivity index (χ3n) is 2.05. The highest BCUT2D eigenvalue weighted by atomic mass is 32.1. The molecule has 0 radical (unpaired) electrons. The smallest absolute Gasteiger partial charge is 0.142 e. The molecule has 0 aromatic carbocycles. The highest BCUT2D eigenvalue weighted by molar-refractivity contribution is 7.09. The molecule has 2 heterocycles. The first-order valence-corrected chi connectivity index (χ1v) is 5.70. The van der Waals surface area contributed by atoms with Gasteiger partial charge in [0, 0.05) is 11.6 Å². The fraction of sp³-hybridized carbons (Fsp3) is 0.182.